The summed E-state index contributed by atoms with van der Waals surface area (Å²) in [4.78, 5) is 14.1. The van der Waals surface area contributed by atoms with Crippen LogP contribution < -0.4 is 5.32 Å². The van der Waals surface area contributed by atoms with E-state index in [0.717, 1.165) is 38.8 Å². The van der Waals surface area contributed by atoms with Crippen LogP contribution in [0.15, 0.2) is 0 Å². The molecular formula is C17H30N2O3. The molecule has 3 heterocycles. The first-order valence-electron chi connectivity index (χ1n) is 8.80. The Morgan fingerprint density at radius 3 is 2.64 bits per heavy atom. The molecule has 0 aromatic carbocycles. The number of hydrogen-bond donors (Lipinski definition) is 1. The highest BCUT2D eigenvalue weighted by Gasteiger charge is 2.41. The Morgan fingerprint density at radius 2 is 2.00 bits per heavy atom. The summed E-state index contributed by atoms with van der Waals surface area (Å²) in [6.45, 7) is 7.35. The maximum atomic E-state index is 12.2. The van der Waals surface area contributed by atoms with Crippen molar-refractivity contribution in [1.82, 2.24) is 10.2 Å². The van der Waals surface area contributed by atoms with Crippen LogP contribution in [0.4, 0.5) is 4.79 Å². The van der Waals surface area contributed by atoms with Crippen molar-refractivity contribution in [3.8, 4) is 0 Å². The van der Waals surface area contributed by atoms with Crippen molar-refractivity contribution in [2.75, 3.05) is 13.1 Å². The van der Waals surface area contributed by atoms with Crippen molar-refractivity contribution in [2.45, 2.75) is 89.2 Å². The van der Waals surface area contributed by atoms with Crippen LogP contribution in [0.1, 0.15) is 59.3 Å². The largest absolute Gasteiger partial charge is 0.444 e. The van der Waals surface area contributed by atoms with Gasteiger partial charge in [0.05, 0.1) is 12.2 Å². The third-order valence-corrected chi connectivity index (χ3v) is 4.94. The van der Waals surface area contributed by atoms with Gasteiger partial charge in [-0.05, 0) is 59.3 Å². The van der Waals surface area contributed by atoms with Gasteiger partial charge in [0, 0.05) is 25.2 Å². The number of hydrogen-bond acceptors (Lipinski definition) is 4. The number of carbonyl (C=O) groups excluding carboxylic acids is 1. The van der Waals surface area contributed by atoms with E-state index >= 15 is 0 Å². The van der Waals surface area contributed by atoms with Gasteiger partial charge in [0.2, 0.25) is 0 Å². The molecule has 1 N–H and O–H groups in total. The zero-order valence-electron chi connectivity index (χ0n) is 14.1. The van der Waals surface area contributed by atoms with Crippen LogP contribution in [-0.2, 0) is 9.47 Å². The van der Waals surface area contributed by atoms with Crippen molar-refractivity contribution in [1.29, 1.82) is 0 Å². The second-order valence-corrected chi connectivity index (χ2v) is 7.98. The van der Waals surface area contributed by atoms with Gasteiger partial charge in [-0.25, -0.2) is 4.79 Å². The van der Waals surface area contributed by atoms with Gasteiger partial charge in [-0.1, -0.05) is 0 Å². The highest BCUT2D eigenvalue weighted by Crippen LogP contribution is 2.35. The Labute approximate surface area is 133 Å². The van der Waals surface area contributed by atoms with Crippen molar-refractivity contribution >= 4 is 6.09 Å². The minimum atomic E-state index is -0.415. The summed E-state index contributed by atoms with van der Waals surface area (Å²) in [5, 5.41) is 3.79. The minimum absolute atomic E-state index is 0.170. The fourth-order valence-electron chi connectivity index (χ4n) is 3.89. The molecule has 2 bridgehead atoms. The molecule has 0 aromatic rings. The zero-order valence-corrected chi connectivity index (χ0v) is 14.1. The number of rotatable bonds is 2. The van der Waals surface area contributed by atoms with E-state index in [0.29, 0.717) is 24.3 Å². The molecular weight excluding hydrogens is 280 g/mol. The number of nitrogens with one attached hydrogen (secondary N) is 1. The summed E-state index contributed by atoms with van der Waals surface area (Å²) in [6, 6.07) is 1.03. The average Bonchev–Trinajstić information content (AvgIpc) is 2.94. The maximum Gasteiger partial charge on any atom is 0.410 e. The number of ether oxygens (including phenoxy) is 2. The molecule has 126 valence electrons. The number of fused-ring (bicyclic) bond motifs is 2. The van der Waals surface area contributed by atoms with Gasteiger partial charge in [-0.15, -0.1) is 0 Å². The molecule has 3 aliphatic heterocycles. The first-order valence-corrected chi connectivity index (χ1v) is 8.80. The second-order valence-electron chi connectivity index (χ2n) is 7.98. The molecule has 3 aliphatic rings. The normalized spacial score (nSPS) is 35.5. The van der Waals surface area contributed by atoms with Gasteiger partial charge < -0.3 is 19.7 Å². The highest BCUT2D eigenvalue weighted by atomic mass is 16.6. The molecule has 5 nitrogen and oxygen atoms in total. The lowest BCUT2D eigenvalue weighted by Gasteiger charge is -2.27. The fourth-order valence-corrected chi connectivity index (χ4v) is 3.89. The van der Waals surface area contributed by atoms with E-state index in [4.69, 9.17) is 9.47 Å². The number of amides is 1. The summed E-state index contributed by atoms with van der Waals surface area (Å²) in [6.07, 6.45) is 7.53. The van der Waals surface area contributed by atoms with Gasteiger partial charge >= 0.3 is 6.09 Å². The van der Waals surface area contributed by atoms with Gasteiger partial charge in [0.1, 0.15) is 5.60 Å². The number of nitrogens with zero attached hydrogens (tertiary/aromatic N) is 1. The van der Waals surface area contributed by atoms with Crippen molar-refractivity contribution in [3.05, 3.63) is 0 Å². The van der Waals surface area contributed by atoms with E-state index in [1.165, 1.54) is 12.8 Å². The van der Waals surface area contributed by atoms with E-state index in [-0.39, 0.29) is 6.09 Å². The molecule has 1 amide bonds. The van der Waals surface area contributed by atoms with Crippen LogP contribution in [0.2, 0.25) is 0 Å². The lowest BCUT2D eigenvalue weighted by atomic mass is 9.94. The average molecular weight is 310 g/mol. The minimum Gasteiger partial charge on any atom is -0.444 e. The number of likely N-dealkylation sites (tertiary alicyclic amines) is 1. The lowest BCUT2D eigenvalue weighted by Crippen LogP contribution is -2.44. The van der Waals surface area contributed by atoms with E-state index in [2.05, 4.69) is 5.32 Å². The molecule has 0 aromatic heterocycles. The van der Waals surface area contributed by atoms with E-state index in [9.17, 15) is 4.79 Å². The molecule has 3 rings (SSSR count). The molecule has 0 unspecified atom stereocenters. The Kier molecular flexibility index (Phi) is 4.64. The van der Waals surface area contributed by atoms with E-state index in [1.54, 1.807) is 0 Å². The Morgan fingerprint density at radius 1 is 1.18 bits per heavy atom. The van der Waals surface area contributed by atoms with Crippen LogP contribution >= 0.6 is 0 Å². The van der Waals surface area contributed by atoms with Crippen LogP contribution in [0.25, 0.3) is 0 Å². The first kappa shape index (κ1) is 16.1. The lowest BCUT2D eigenvalue weighted by molar-refractivity contribution is 0.0255. The van der Waals surface area contributed by atoms with Gasteiger partial charge in [0.25, 0.3) is 0 Å². The van der Waals surface area contributed by atoms with Gasteiger partial charge in [0.15, 0.2) is 0 Å². The number of carbonyl (C=O) groups is 1. The first-order chi connectivity index (χ1) is 10.4. The fraction of sp³-hybridized carbons (Fsp3) is 0.941. The van der Waals surface area contributed by atoms with Crippen LogP contribution in [0.3, 0.4) is 0 Å². The van der Waals surface area contributed by atoms with Crippen LogP contribution in [0, 0.1) is 0 Å². The molecule has 0 spiro atoms. The predicted octanol–water partition coefficient (Wildman–Crippen LogP) is 2.69. The molecule has 0 radical (unpaired) electrons. The standard InChI is InChI=1S/C17H30N2O3/c1-17(2,3)22-16(20)19-9-4-5-12(8-10-19)18-14-11-13-6-7-15(14)21-13/h12-15,18H,4-11H2,1-3H3/t12-,13-,14+,15-/m1/s1. The summed E-state index contributed by atoms with van der Waals surface area (Å²) in [5.41, 5.74) is -0.415. The summed E-state index contributed by atoms with van der Waals surface area (Å²) >= 11 is 0. The van der Waals surface area contributed by atoms with Crippen LogP contribution in [-0.4, -0.2) is 54.0 Å². The SMILES string of the molecule is CC(C)(C)OC(=O)N1CCC[C@@H](N[C@H]2C[C@H]3CC[C@H]2O3)CC1. The quantitative estimate of drug-likeness (QED) is 0.852. The zero-order chi connectivity index (χ0) is 15.7. The third-order valence-electron chi connectivity index (χ3n) is 4.94. The van der Waals surface area contributed by atoms with Crippen molar-refractivity contribution in [2.24, 2.45) is 0 Å². The summed E-state index contributed by atoms with van der Waals surface area (Å²) in [7, 11) is 0. The van der Waals surface area contributed by atoms with Crippen molar-refractivity contribution in [3.63, 3.8) is 0 Å². The Balaban J connectivity index is 1.47. The predicted molar refractivity (Wildman–Crippen MR) is 84.9 cm³/mol. The van der Waals surface area contributed by atoms with E-state index < -0.39 is 5.60 Å². The van der Waals surface area contributed by atoms with Crippen molar-refractivity contribution < 1.29 is 14.3 Å². The highest BCUT2D eigenvalue weighted by molar-refractivity contribution is 5.68. The molecule has 4 atom stereocenters. The molecule has 5 heteroatoms. The van der Waals surface area contributed by atoms with Gasteiger partial charge in [-0.2, -0.15) is 0 Å². The smallest absolute Gasteiger partial charge is 0.410 e. The summed E-state index contributed by atoms with van der Waals surface area (Å²) < 4.78 is 11.4. The molecule has 3 fully saturated rings. The maximum absolute atomic E-state index is 12.2. The topological polar surface area (TPSA) is 50.8 Å². The van der Waals surface area contributed by atoms with E-state index in [1.807, 2.05) is 25.7 Å². The molecule has 22 heavy (non-hydrogen) atoms. The molecule has 0 aliphatic carbocycles. The Bertz CT molecular complexity index is 407. The summed E-state index contributed by atoms with van der Waals surface area (Å²) in [5.74, 6) is 0. The third kappa shape index (κ3) is 3.93. The van der Waals surface area contributed by atoms with Crippen LogP contribution in [0.5, 0.6) is 0 Å². The monoisotopic (exact) mass is 310 g/mol. The molecule has 3 saturated heterocycles. The Hall–Kier alpha value is -0.810. The molecule has 0 saturated carbocycles. The van der Waals surface area contributed by atoms with Gasteiger partial charge in [-0.3, -0.25) is 0 Å². The second kappa shape index (κ2) is 6.36.